The molecule has 2 amide bonds. The van der Waals surface area contributed by atoms with Gasteiger partial charge in [-0.05, 0) is 41.5 Å². The average molecular weight is 557 g/mol. The molecule has 0 bridgehead atoms. The topological polar surface area (TPSA) is 175 Å². The van der Waals surface area contributed by atoms with Gasteiger partial charge in [0.2, 0.25) is 5.95 Å². The van der Waals surface area contributed by atoms with Crippen molar-refractivity contribution in [3.8, 4) is 11.4 Å². The molecule has 1 N–H and O–H groups in total. The van der Waals surface area contributed by atoms with Crippen LogP contribution in [0.2, 0.25) is 0 Å². The van der Waals surface area contributed by atoms with Gasteiger partial charge in [0.05, 0.1) is 25.1 Å². The van der Waals surface area contributed by atoms with Gasteiger partial charge >= 0.3 is 18.2 Å². The van der Waals surface area contributed by atoms with E-state index in [-0.39, 0.29) is 18.3 Å². The summed E-state index contributed by atoms with van der Waals surface area (Å²) in [5.74, 6) is -0.600. The van der Waals surface area contributed by atoms with Crippen molar-refractivity contribution in [2.75, 3.05) is 36.1 Å². The second kappa shape index (κ2) is 11.0. The molecular weight excluding hydrogens is 524 g/mol. The summed E-state index contributed by atoms with van der Waals surface area (Å²) in [4.78, 5) is 61.9. The normalized spacial score (nSPS) is 14.2. The SMILES string of the molecule is CC(C)(C)OC(=O)N(C(=O)OC(C)(C)C)c1ncc(-c2nc(N3CCOCC3)c3ncn(CC(=O)O)c3n2)cn1. The number of nitrogens with zero attached hydrogens (tertiary/aromatic N) is 8. The first-order chi connectivity index (χ1) is 18.7. The Bertz CT molecular complexity index is 1380. The van der Waals surface area contributed by atoms with Gasteiger partial charge in [0.1, 0.15) is 17.7 Å². The molecule has 0 spiro atoms. The van der Waals surface area contributed by atoms with Crippen LogP contribution in [0.1, 0.15) is 41.5 Å². The minimum absolute atomic E-state index is 0.203. The number of aliphatic carboxylic acids is 1. The van der Waals surface area contributed by atoms with E-state index in [1.165, 1.54) is 23.3 Å². The van der Waals surface area contributed by atoms with Gasteiger partial charge in [0.25, 0.3) is 0 Å². The lowest BCUT2D eigenvalue weighted by Crippen LogP contribution is -2.44. The smallest absolute Gasteiger partial charge is 0.427 e. The van der Waals surface area contributed by atoms with Gasteiger partial charge in [-0.2, -0.15) is 0 Å². The third-order valence-electron chi connectivity index (χ3n) is 5.31. The Hall–Kier alpha value is -4.40. The number of imidazole rings is 1. The Morgan fingerprint density at radius 1 is 0.950 bits per heavy atom. The summed E-state index contributed by atoms with van der Waals surface area (Å²) in [7, 11) is 0. The zero-order valence-corrected chi connectivity index (χ0v) is 23.2. The van der Waals surface area contributed by atoms with Gasteiger partial charge < -0.3 is 28.8 Å². The minimum Gasteiger partial charge on any atom is -0.480 e. The molecule has 0 radical (unpaired) electrons. The van der Waals surface area contributed by atoms with Crippen LogP contribution in [0, 0.1) is 0 Å². The highest BCUT2D eigenvalue weighted by Gasteiger charge is 2.34. The number of fused-ring (bicyclic) bond motifs is 1. The quantitative estimate of drug-likeness (QED) is 0.486. The van der Waals surface area contributed by atoms with Crippen molar-refractivity contribution >= 4 is 41.1 Å². The van der Waals surface area contributed by atoms with Crippen LogP contribution in [0.4, 0.5) is 21.4 Å². The van der Waals surface area contributed by atoms with E-state index in [1.807, 2.05) is 4.90 Å². The van der Waals surface area contributed by atoms with Crippen LogP contribution in [-0.4, -0.2) is 90.3 Å². The highest BCUT2D eigenvalue weighted by Crippen LogP contribution is 2.28. The lowest BCUT2D eigenvalue weighted by atomic mass is 10.2. The maximum absolute atomic E-state index is 12.9. The number of hydrogen-bond donors (Lipinski definition) is 1. The number of hydrogen-bond acceptors (Lipinski definition) is 12. The van der Waals surface area contributed by atoms with Gasteiger partial charge in [0.15, 0.2) is 22.8 Å². The summed E-state index contributed by atoms with van der Waals surface area (Å²) >= 11 is 0. The first kappa shape index (κ1) is 28.6. The summed E-state index contributed by atoms with van der Waals surface area (Å²) in [6.07, 6.45) is 2.11. The minimum atomic E-state index is -1.05. The van der Waals surface area contributed by atoms with Crippen molar-refractivity contribution in [3.63, 3.8) is 0 Å². The van der Waals surface area contributed by atoms with Crippen molar-refractivity contribution in [1.82, 2.24) is 29.5 Å². The number of anilines is 2. The molecule has 1 saturated heterocycles. The number of imide groups is 1. The van der Waals surface area contributed by atoms with Gasteiger partial charge in [-0.3, -0.25) is 4.79 Å². The van der Waals surface area contributed by atoms with Crippen LogP contribution < -0.4 is 9.80 Å². The third-order valence-corrected chi connectivity index (χ3v) is 5.31. The lowest BCUT2D eigenvalue weighted by Gasteiger charge is -2.28. The molecule has 4 heterocycles. The first-order valence-electron chi connectivity index (χ1n) is 12.6. The van der Waals surface area contributed by atoms with E-state index in [9.17, 15) is 19.5 Å². The number of rotatable bonds is 5. The molecule has 1 aliphatic rings. The van der Waals surface area contributed by atoms with Crippen molar-refractivity contribution in [2.45, 2.75) is 59.3 Å². The molecule has 15 nitrogen and oxygen atoms in total. The van der Waals surface area contributed by atoms with Crippen molar-refractivity contribution in [3.05, 3.63) is 18.7 Å². The zero-order valence-electron chi connectivity index (χ0n) is 23.2. The Kier molecular flexibility index (Phi) is 7.86. The number of morpholine rings is 1. The maximum atomic E-state index is 12.9. The number of amides is 2. The number of carbonyl (C=O) groups is 3. The van der Waals surface area contributed by atoms with Crippen molar-refractivity contribution in [1.29, 1.82) is 0 Å². The summed E-state index contributed by atoms with van der Waals surface area (Å²) in [5.41, 5.74) is -0.658. The standard InChI is InChI=1S/C25H32N8O7/c1-24(2,3)39-22(36)33(23(37)40-25(4,5)6)21-26-11-15(12-27-21)18-29-19(31-7-9-38-10-8-31)17-20(30-18)32(14-28-17)13-16(34)35/h11-12,14H,7-10,13H2,1-6H3,(H,34,35). The molecular formula is C25H32N8O7. The number of aromatic nitrogens is 6. The average Bonchev–Trinajstić information content (AvgIpc) is 3.24. The van der Waals surface area contributed by atoms with Crippen LogP contribution in [-0.2, 0) is 25.5 Å². The predicted octanol–water partition coefficient (Wildman–Crippen LogP) is 2.88. The Labute approximate surface area is 230 Å². The van der Waals surface area contributed by atoms with Crippen molar-refractivity contribution in [2.24, 2.45) is 0 Å². The molecule has 1 aliphatic heterocycles. The summed E-state index contributed by atoms with van der Waals surface area (Å²) in [6, 6.07) is 0. The van der Waals surface area contributed by atoms with Gasteiger partial charge in [-0.25, -0.2) is 34.5 Å². The molecule has 1 fully saturated rings. The highest BCUT2D eigenvalue weighted by atomic mass is 16.6. The zero-order chi connectivity index (χ0) is 29.2. The summed E-state index contributed by atoms with van der Waals surface area (Å²) in [5, 5.41) is 9.34. The molecule has 0 atom stereocenters. The van der Waals surface area contributed by atoms with E-state index in [0.29, 0.717) is 53.7 Å². The molecule has 214 valence electrons. The van der Waals surface area contributed by atoms with E-state index in [2.05, 4.69) is 24.9 Å². The monoisotopic (exact) mass is 556 g/mol. The van der Waals surface area contributed by atoms with E-state index in [4.69, 9.17) is 14.2 Å². The fraction of sp³-hybridized carbons (Fsp3) is 0.520. The van der Waals surface area contributed by atoms with Crippen LogP contribution in [0.15, 0.2) is 18.7 Å². The molecule has 0 aromatic carbocycles. The molecule has 40 heavy (non-hydrogen) atoms. The number of carboxylic acid groups (broad SMARTS) is 1. The molecule has 0 unspecified atom stereocenters. The number of ether oxygens (including phenoxy) is 3. The van der Waals surface area contributed by atoms with E-state index in [0.717, 1.165) is 0 Å². The Balaban J connectivity index is 1.75. The Morgan fingerprint density at radius 2 is 1.52 bits per heavy atom. The van der Waals surface area contributed by atoms with Gasteiger partial charge in [-0.15, -0.1) is 4.90 Å². The second-order valence-electron chi connectivity index (χ2n) is 11.0. The Morgan fingerprint density at radius 3 is 2.05 bits per heavy atom. The fourth-order valence-electron chi connectivity index (χ4n) is 3.72. The maximum Gasteiger partial charge on any atom is 0.427 e. The van der Waals surface area contributed by atoms with Crippen LogP contribution in [0.25, 0.3) is 22.6 Å². The second-order valence-corrected chi connectivity index (χ2v) is 11.0. The summed E-state index contributed by atoms with van der Waals surface area (Å²) in [6.45, 7) is 11.8. The van der Waals surface area contributed by atoms with Gasteiger partial charge in [-0.1, -0.05) is 0 Å². The third kappa shape index (κ3) is 6.77. The molecule has 0 aliphatic carbocycles. The predicted molar refractivity (Wildman–Crippen MR) is 142 cm³/mol. The lowest BCUT2D eigenvalue weighted by molar-refractivity contribution is -0.137. The molecule has 3 aromatic heterocycles. The highest BCUT2D eigenvalue weighted by molar-refractivity contribution is 6.08. The van der Waals surface area contributed by atoms with E-state index >= 15 is 0 Å². The largest absolute Gasteiger partial charge is 0.480 e. The first-order valence-corrected chi connectivity index (χ1v) is 12.6. The number of carboxylic acids is 1. The van der Waals surface area contributed by atoms with E-state index in [1.54, 1.807) is 41.5 Å². The molecule has 0 saturated carbocycles. The van der Waals surface area contributed by atoms with Crippen LogP contribution in [0.3, 0.4) is 0 Å². The van der Waals surface area contributed by atoms with E-state index < -0.39 is 29.4 Å². The van der Waals surface area contributed by atoms with Crippen molar-refractivity contribution < 1.29 is 33.7 Å². The van der Waals surface area contributed by atoms with Crippen LogP contribution >= 0.6 is 0 Å². The van der Waals surface area contributed by atoms with Gasteiger partial charge in [0, 0.05) is 25.5 Å². The number of carbonyl (C=O) groups excluding carboxylic acids is 2. The fourth-order valence-corrected chi connectivity index (χ4v) is 3.72. The molecule has 4 rings (SSSR count). The summed E-state index contributed by atoms with van der Waals surface area (Å²) < 4.78 is 17.6. The molecule has 3 aromatic rings. The molecule has 15 heteroatoms. The van der Waals surface area contributed by atoms with Crippen LogP contribution in [0.5, 0.6) is 0 Å².